The van der Waals surface area contributed by atoms with Crippen LogP contribution in [0.2, 0.25) is 5.02 Å². The molecule has 3 rings (SSSR count). The van der Waals surface area contributed by atoms with Gasteiger partial charge in [-0.15, -0.1) is 0 Å². The summed E-state index contributed by atoms with van der Waals surface area (Å²) in [5.74, 6) is 0. The standard InChI is InChI=1S/C15H18ClF3N2/c16-11-5-3-4-10(15(17,18)19)14(11)20-12-7-9-21-8-2-1-6-13(12)21/h3-5,12-13,20H,1-2,6-9H2. The quantitative estimate of drug-likeness (QED) is 0.869. The van der Waals surface area contributed by atoms with Crippen molar-refractivity contribution in [2.24, 2.45) is 0 Å². The molecule has 0 aliphatic carbocycles. The van der Waals surface area contributed by atoms with E-state index in [-0.39, 0.29) is 16.8 Å². The van der Waals surface area contributed by atoms with Gasteiger partial charge in [0.1, 0.15) is 0 Å². The van der Waals surface area contributed by atoms with Crippen LogP contribution in [0, 0.1) is 0 Å². The lowest BCUT2D eigenvalue weighted by atomic mass is 9.98. The molecule has 1 aromatic carbocycles. The summed E-state index contributed by atoms with van der Waals surface area (Å²) >= 11 is 6.01. The first-order valence-corrected chi connectivity index (χ1v) is 7.71. The van der Waals surface area contributed by atoms with Crippen LogP contribution in [-0.4, -0.2) is 30.1 Å². The summed E-state index contributed by atoms with van der Waals surface area (Å²) in [6, 6.07) is 4.31. The molecule has 0 amide bonds. The molecule has 6 heteroatoms. The second kappa shape index (κ2) is 5.69. The molecule has 116 valence electrons. The molecule has 0 bridgehead atoms. The molecular formula is C15H18ClF3N2. The van der Waals surface area contributed by atoms with Gasteiger partial charge in [-0.3, -0.25) is 4.90 Å². The number of alkyl halides is 3. The highest BCUT2D eigenvalue weighted by Crippen LogP contribution is 2.40. The van der Waals surface area contributed by atoms with Crippen LogP contribution in [0.4, 0.5) is 18.9 Å². The number of nitrogens with zero attached hydrogens (tertiary/aromatic N) is 1. The minimum absolute atomic E-state index is 0.0316. The molecule has 2 atom stereocenters. The van der Waals surface area contributed by atoms with E-state index in [1.165, 1.54) is 18.6 Å². The maximum absolute atomic E-state index is 13.1. The summed E-state index contributed by atoms with van der Waals surface area (Å²) in [6.45, 7) is 2.01. The zero-order valence-electron chi connectivity index (χ0n) is 11.6. The van der Waals surface area contributed by atoms with Gasteiger partial charge in [0.05, 0.1) is 16.3 Å². The molecule has 2 unspecified atom stereocenters. The molecule has 2 aliphatic heterocycles. The molecule has 0 saturated carbocycles. The maximum Gasteiger partial charge on any atom is 0.418 e. The van der Waals surface area contributed by atoms with Crippen molar-refractivity contribution in [3.05, 3.63) is 28.8 Å². The first kappa shape index (κ1) is 15.0. The summed E-state index contributed by atoms with van der Waals surface area (Å²) < 4.78 is 39.4. The van der Waals surface area contributed by atoms with E-state index >= 15 is 0 Å². The maximum atomic E-state index is 13.1. The zero-order valence-corrected chi connectivity index (χ0v) is 12.3. The highest BCUT2D eigenvalue weighted by molar-refractivity contribution is 6.33. The fourth-order valence-corrected chi connectivity index (χ4v) is 3.74. The fraction of sp³-hybridized carbons (Fsp3) is 0.600. The molecule has 1 aromatic rings. The van der Waals surface area contributed by atoms with Crippen LogP contribution in [0.3, 0.4) is 0 Å². The zero-order chi connectivity index (χ0) is 15.0. The predicted octanol–water partition coefficient (Wildman–Crippen LogP) is 4.40. The smallest absolute Gasteiger partial charge is 0.379 e. The monoisotopic (exact) mass is 318 g/mol. The molecule has 2 aliphatic rings. The molecule has 0 radical (unpaired) electrons. The molecule has 2 nitrogen and oxygen atoms in total. The minimum Gasteiger partial charge on any atom is -0.379 e. The van der Waals surface area contributed by atoms with Crippen molar-refractivity contribution >= 4 is 17.3 Å². The van der Waals surface area contributed by atoms with Gasteiger partial charge in [0.25, 0.3) is 0 Å². The first-order valence-electron chi connectivity index (χ1n) is 7.33. The number of halogens is 4. The van der Waals surface area contributed by atoms with Crippen LogP contribution < -0.4 is 5.32 Å². The van der Waals surface area contributed by atoms with Crippen molar-refractivity contribution in [3.8, 4) is 0 Å². The van der Waals surface area contributed by atoms with Gasteiger partial charge in [-0.05, 0) is 37.9 Å². The molecule has 2 saturated heterocycles. The van der Waals surface area contributed by atoms with Crippen molar-refractivity contribution < 1.29 is 13.2 Å². The summed E-state index contributed by atoms with van der Waals surface area (Å²) in [6.07, 6.45) is -0.147. The second-order valence-electron chi connectivity index (χ2n) is 5.80. The van der Waals surface area contributed by atoms with Gasteiger partial charge in [-0.2, -0.15) is 13.2 Å². The average Bonchev–Trinajstić information content (AvgIpc) is 2.83. The number of piperidine rings is 1. The Morgan fingerprint density at radius 2 is 1.95 bits per heavy atom. The Kier molecular flexibility index (Phi) is 4.06. The number of rotatable bonds is 2. The Bertz CT molecular complexity index is 518. The van der Waals surface area contributed by atoms with E-state index in [0.29, 0.717) is 6.04 Å². The molecule has 21 heavy (non-hydrogen) atoms. The SMILES string of the molecule is FC(F)(F)c1cccc(Cl)c1NC1CCN2CCCCC12. The lowest BCUT2D eigenvalue weighted by molar-refractivity contribution is -0.137. The van der Waals surface area contributed by atoms with E-state index < -0.39 is 11.7 Å². The summed E-state index contributed by atoms with van der Waals surface area (Å²) in [7, 11) is 0. The highest BCUT2D eigenvalue weighted by atomic mass is 35.5. The van der Waals surface area contributed by atoms with Gasteiger partial charge in [0, 0.05) is 18.6 Å². The van der Waals surface area contributed by atoms with Crippen LogP contribution in [-0.2, 0) is 6.18 Å². The van der Waals surface area contributed by atoms with Gasteiger partial charge >= 0.3 is 6.18 Å². The van der Waals surface area contributed by atoms with Crippen LogP contribution in [0.5, 0.6) is 0 Å². The van der Waals surface area contributed by atoms with E-state index in [1.54, 1.807) is 0 Å². The van der Waals surface area contributed by atoms with Gasteiger partial charge in [-0.25, -0.2) is 0 Å². The number of nitrogens with one attached hydrogen (secondary N) is 1. The van der Waals surface area contributed by atoms with Gasteiger partial charge in [0.2, 0.25) is 0 Å². The third kappa shape index (κ3) is 2.99. The third-order valence-electron chi connectivity index (χ3n) is 4.50. The van der Waals surface area contributed by atoms with Gasteiger partial charge in [-0.1, -0.05) is 24.1 Å². The lowest BCUT2D eigenvalue weighted by Crippen LogP contribution is -2.42. The van der Waals surface area contributed by atoms with Crippen molar-refractivity contribution in [1.82, 2.24) is 4.90 Å². The average molecular weight is 319 g/mol. The second-order valence-corrected chi connectivity index (χ2v) is 6.21. The fourth-order valence-electron chi connectivity index (χ4n) is 3.51. The first-order chi connectivity index (χ1) is 9.97. The van der Waals surface area contributed by atoms with Crippen LogP contribution in [0.25, 0.3) is 0 Å². The highest BCUT2D eigenvalue weighted by Gasteiger charge is 2.39. The Labute approximate surface area is 127 Å². The Hall–Kier alpha value is -0.940. The van der Waals surface area contributed by atoms with Crippen molar-refractivity contribution in [2.75, 3.05) is 18.4 Å². The number of hydrogen-bond acceptors (Lipinski definition) is 2. The lowest BCUT2D eigenvalue weighted by Gasteiger charge is -2.33. The number of anilines is 1. The van der Waals surface area contributed by atoms with E-state index in [9.17, 15) is 13.2 Å². The number of para-hydroxylation sites is 1. The largest absolute Gasteiger partial charge is 0.418 e. The van der Waals surface area contributed by atoms with Crippen molar-refractivity contribution in [1.29, 1.82) is 0 Å². The van der Waals surface area contributed by atoms with Crippen molar-refractivity contribution in [3.63, 3.8) is 0 Å². The van der Waals surface area contributed by atoms with Gasteiger partial charge < -0.3 is 5.32 Å². The number of fused-ring (bicyclic) bond motifs is 1. The minimum atomic E-state index is -4.39. The van der Waals surface area contributed by atoms with E-state index in [0.717, 1.165) is 38.4 Å². The predicted molar refractivity (Wildman–Crippen MR) is 77.7 cm³/mol. The Morgan fingerprint density at radius 1 is 1.14 bits per heavy atom. The molecule has 2 heterocycles. The van der Waals surface area contributed by atoms with Crippen LogP contribution in [0.15, 0.2) is 18.2 Å². The van der Waals surface area contributed by atoms with E-state index in [4.69, 9.17) is 11.6 Å². The number of hydrogen-bond donors (Lipinski definition) is 1. The summed E-state index contributed by atoms with van der Waals surface area (Å²) in [5.41, 5.74) is -0.645. The molecule has 1 N–H and O–H groups in total. The third-order valence-corrected chi connectivity index (χ3v) is 4.82. The van der Waals surface area contributed by atoms with E-state index in [2.05, 4.69) is 10.2 Å². The normalized spacial score (nSPS) is 26.7. The van der Waals surface area contributed by atoms with E-state index in [1.807, 2.05) is 0 Å². The Balaban J connectivity index is 1.85. The topological polar surface area (TPSA) is 15.3 Å². The molecular weight excluding hydrogens is 301 g/mol. The number of benzene rings is 1. The van der Waals surface area contributed by atoms with Crippen LogP contribution >= 0.6 is 11.6 Å². The molecule has 0 spiro atoms. The molecule has 0 aromatic heterocycles. The summed E-state index contributed by atoms with van der Waals surface area (Å²) in [5, 5.41) is 3.23. The van der Waals surface area contributed by atoms with Crippen molar-refractivity contribution in [2.45, 2.75) is 43.9 Å². The van der Waals surface area contributed by atoms with Crippen LogP contribution in [0.1, 0.15) is 31.2 Å². The van der Waals surface area contributed by atoms with Gasteiger partial charge in [0.15, 0.2) is 0 Å². The summed E-state index contributed by atoms with van der Waals surface area (Å²) in [4.78, 5) is 2.38. The molecule has 2 fully saturated rings. The Morgan fingerprint density at radius 3 is 2.71 bits per heavy atom.